The highest BCUT2D eigenvalue weighted by Gasteiger charge is 2.19. The third-order valence-electron chi connectivity index (χ3n) is 5.15. The van der Waals surface area contributed by atoms with Gasteiger partial charge in [-0.25, -0.2) is 0 Å². The van der Waals surface area contributed by atoms with Crippen LogP contribution in [0.5, 0.6) is 0 Å². The van der Waals surface area contributed by atoms with E-state index < -0.39 is 0 Å². The van der Waals surface area contributed by atoms with Crippen molar-refractivity contribution in [3.63, 3.8) is 0 Å². The van der Waals surface area contributed by atoms with Crippen LogP contribution < -0.4 is 0 Å². The van der Waals surface area contributed by atoms with E-state index in [1.54, 1.807) is 0 Å². The van der Waals surface area contributed by atoms with Gasteiger partial charge in [-0.15, -0.1) is 0 Å². The molecule has 0 aromatic heterocycles. The highest BCUT2D eigenvalue weighted by atomic mass is 28.1. The van der Waals surface area contributed by atoms with Gasteiger partial charge in [0, 0.05) is 10.2 Å². The molecule has 0 rings (SSSR count). The van der Waals surface area contributed by atoms with Gasteiger partial charge in [-0.3, -0.25) is 0 Å². The van der Waals surface area contributed by atoms with Crippen LogP contribution in [-0.4, -0.2) is 41.4 Å². The molecular weight excluding hydrogens is 282 g/mol. The van der Waals surface area contributed by atoms with Gasteiger partial charge in [-0.05, 0) is 32.1 Å². The van der Waals surface area contributed by atoms with E-state index in [1.807, 2.05) is 0 Å². The lowest BCUT2D eigenvalue weighted by Gasteiger charge is -2.35. The second-order valence-corrected chi connectivity index (χ2v) is 8.68. The monoisotopic (exact) mass is 328 g/mol. The summed E-state index contributed by atoms with van der Waals surface area (Å²) in [5.41, 5.74) is 0. The summed E-state index contributed by atoms with van der Waals surface area (Å²) in [5, 5.41) is 0. The summed E-state index contributed by atoms with van der Waals surface area (Å²) in [4.78, 5) is 0. The van der Waals surface area contributed by atoms with Crippen LogP contribution in [0.4, 0.5) is 0 Å². The van der Waals surface area contributed by atoms with Gasteiger partial charge in [0.2, 0.25) is 0 Å². The third-order valence-corrected chi connectivity index (χ3v) is 5.86. The molecule has 0 aromatic carbocycles. The molecule has 0 heterocycles. The molecule has 0 spiro atoms. The molecule has 0 saturated carbocycles. The highest BCUT2D eigenvalue weighted by molar-refractivity contribution is 6.08. The highest BCUT2D eigenvalue weighted by Crippen LogP contribution is 2.14. The van der Waals surface area contributed by atoms with Crippen molar-refractivity contribution in [1.29, 1.82) is 0 Å². The van der Waals surface area contributed by atoms with Crippen molar-refractivity contribution < 1.29 is 4.48 Å². The number of quaternary nitrogens is 1. The maximum Gasteiger partial charge on any atom is 0.0784 e. The van der Waals surface area contributed by atoms with E-state index in [2.05, 4.69) is 20.9 Å². The minimum Gasteiger partial charge on any atom is -0.326 e. The molecule has 0 atom stereocenters. The van der Waals surface area contributed by atoms with Gasteiger partial charge < -0.3 is 4.48 Å². The maximum absolute atomic E-state index is 2.54. The quantitative estimate of drug-likeness (QED) is 0.192. The predicted octanol–water partition coefficient (Wildman–Crippen LogP) is 5.33. The van der Waals surface area contributed by atoms with E-state index in [1.165, 1.54) is 124 Å². The molecule has 134 valence electrons. The molecular formula is C20H46NSi+. The van der Waals surface area contributed by atoms with Crippen LogP contribution in [0.1, 0.15) is 97.3 Å². The fourth-order valence-corrected chi connectivity index (χ4v) is 3.74. The summed E-state index contributed by atoms with van der Waals surface area (Å²) in [6.45, 7) is 8.92. The van der Waals surface area contributed by atoms with E-state index >= 15 is 0 Å². The maximum atomic E-state index is 2.54. The molecule has 0 fully saturated rings. The fraction of sp³-hybridized carbons (Fsp3) is 1.00. The van der Waals surface area contributed by atoms with E-state index in [4.69, 9.17) is 0 Å². The van der Waals surface area contributed by atoms with E-state index in [0.29, 0.717) is 0 Å². The number of nitrogens with zero attached hydrogens (tertiary/aromatic N) is 1. The lowest BCUT2D eigenvalue weighted by molar-refractivity contribution is -0.910. The number of unbranched alkanes of at least 4 members (excludes halogenated alkanes) is 10. The Morgan fingerprint density at radius 3 is 1.32 bits per heavy atom. The van der Waals surface area contributed by atoms with Gasteiger partial charge >= 0.3 is 0 Å². The lowest BCUT2D eigenvalue weighted by atomic mass is 10.1. The normalized spacial score (nSPS) is 12.1. The molecule has 2 heteroatoms. The van der Waals surface area contributed by atoms with Crippen LogP contribution in [0.25, 0.3) is 0 Å². The molecule has 0 radical (unpaired) electrons. The van der Waals surface area contributed by atoms with Gasteiger partial charge in [0.25, 0.3) is 0 Å². The first-order chi connectivity index (χ1) is 10.7. The van der Waals surface area contributed by atoms with Crippen molar-refractivity contribution in [2.45, 2.75) is 103 Å². The minimum atomic E-state index is 1.36. The summed E-state index contributed by atoms with van der Waals surface area (Å²) in [7, 11) is 3.92. The molecule has 0 aromatic rings. The van der Waals surface area contributed by atoms with Crippen molar-refractivity contribution in [2.75, 3.05) is 26.7 Å². The van der Waals surface area contributed by atoms with E-state index in [0.717, 1.165) is 0 Å². The second-order valence-electron chi connectivity index (χ2n) is 7.68. The lowest BCUT2D eigenvalue weighted by Crippen LogP contribution is -2.46. The summed E-state index contributed by atoms with van der Waals surface area (Å²) in [5.74, 6) is 0. The number of rotatable bonds is 17. The van der Waals surface area contributed by atoms with E-state index in [-0.39, 0.29) is 0 Å². The molecule has 0 aliphatic carbocycles. The van der Waals surface area contributed by atoms with Crippen molar-refractivity contribution >= 4 is 10.2 Å². The van der Waals surface area contributed by atoms with Crippen LogP contribution in [0.15, 0.2) is 0 Å². The summed E-state index contributed by atoms with van der Waals surface area (Å²) in [6.07, 6.45) is 18.7. The Morgan fingerprint density at radius 1 is 0.545 bits per heavy atom. The molecule has 22 heavy (non-hydrogen) atoms. The SMILES string of the molecule is CCCCCCCC[N+](C)(CCC[SiH3])CCCCCCCC. The van der Waals surface area contributed by atoms with Crippen LogP contribution in [0.3, 0.4) is 0 Å². The first kappa shape index (κ1) is 22.2. The molecule has 0 aliphatic heterocycles. The van der Waals surface area contributed by atoms with E-state index in [9.17, 15) is 0 Å². The fourth-order valence-electron chi connectivity index (χ4n) is 3.42. The largest absolute Gasteiger partial charge is 0.326 e. The van der Waals surface area contributed by atoms with Crippen LogP contribution in [0, 0.1) is 0 Å². The molecule has 0 saturated heterocycles. The topological polar surface area (TPSA) is 0 Å². The number of hydrogen-bond acceptors (Lipinski definition) is 0. The summed E-state index contributed by atoms with van der Waals surface area (Å²) < 4.78 is 1.36. The van der Waals surface area contributed by atoms with Gasteiger partial charge in [0.05, 0.1) is 26.7 Å². The Labute approximate surface area is 145 Å². The first-order valence-corrected chi connectivity index (χ1v) is 11.9. The standard InChI is InChI=1S/C20H46NSi/c1-4-6-8-10-12-14-17-21(3,19-16-20-22)18-15-13-11-9-7-5-2/h4-20H2,1-3,22H3/q+1. The molecule has 0 unspecified atom stereocenters. The van der Waals surface area contributed by atoms with Crippen LogP contribution in [-0.2, 0) is 0 Å². The zero-order chi connectivity index (χ0) is 16.5. The minimum absolute atomic E-state index is 1.36. The van der Waals surface area contributed by atoms with Crippen molar-refractivity contribution in [3.8, 4) is 0 Å². The Balaban J connectivity index is 3.84. The first-order valence-electron chi connectivity index (χ1n) is 10.5. The average Bonchev–Trinajstić information content (AvgIpc) is 2.52. The molecule has 0 N–H and O–H groups in total. The van der Waals surface area contributed by atoms with Gasteiger partial charge in [0.15, 0.2) is 0 Å². The van der Waals surface area contributed by atoms with Gasteiger partial charge in [0.1, 0.15) is 0 Å². The Kier molecular flexibility index (Phi) is 16.2. The molecule has 0 aliphatic rings. The zero-order valence-corrected chi connectivity index (χ0v) is 18.5. The van der Waals surface area contributed by atoms with Gasteiger partial charge in [-0.2, -0.15) is 0 Å². The summed E-state index contributed by atoms with van der Waals surface area (Å²) >= 11 is 0. The summed E-state index contributed by atoms with van der Waals surface area (Å²) in [6, 6.07) is 1.49. The number of hydrogen-bond donors (Lipinski definition) is 0. The van der Waals surface area contributed by atoms with Crippen molar-refractivity contribution in [3.05, 3.63) is 0 Å². The molecule has 0 bridgehead atoms. The van der Waals surface area contributed by atoms with Crippen molar-refractivity contribution in [1.82, 2.24) is 0 Å². The zero-order valence-electron chi connectivity index (χ0n) is 16.5. The predicted molar refractivity (Wildman–Crippen MR) is 107 cm³/mol. The average molecular weight is 329 g/mol. The Morgan fingerprint density at radius 2 is 0.909 bits per heavy atom. The smallest absolute Gasteiger partial charge is 0.0784 e. The van der Waals surface area contributed by atoms with Gasteiger partial charge in [-0.1, -0.05) is 71.3 Å². The molecule has 0 amide bonds. The Hall–Kier alpha value is 0.177. The second kappa shape index (κ2) is 16.0. The van der Waals surface area contributed by atoms with Crippen LogP contribution in [0.2, 0.25) is 6.04 Å². The molecule has 1 nitrogen and oxygen atoms in total. The third kappa shape index (κ3) is 13.8. The van der Waals surface area contributed by atoms with Crippen LogP contribution >= 0.6 is 0 Å². The Bertz CT molecular complexity index is 202. The van der Waals surface area contributed by atoms with Crippen molar-refractivity contribution in [2.24, 2.45) is 0 Å².